The number of carbonyl (C=O) groups excluding carboxylic acids is 2. The van der Waals surface area contributed by atoms with Crippen LogP contribution in [-0.2, 0) is 4.79 Å². The van der Waals surface area contributed by atoms with Crippen LogP contribution in [-0.4, -0.2) is 24.4 Å². The monoisotopic (exact) mass is 250 g/mol. The molecule has 2 amide bonds. The largest absolute Gasteiger partial charge is 0.456 e. The molecule has 5 heteroatoms. The first kappa shape index (κ1) is 12.7. The number of carbonyl (C=O) groups is 2. The summed E-state index contributed by atoms with van der Waals surface area (Å²) in [5, 5.41) is 5.71. The molecule has 2 heterocycles. The predicted molar refractivity (Wildman–Crippen MR) is 66.3 cm³/mol. The minimum Gasteiger partial charge on any atom is -0.456 e. The molecule has 2 rings (SSSR count). The number of hydrogen-bond acceptors (Lipinski definition) is 3. The molecule has 0 unspecified atom stereocenters. The number of rotatable bonds is 2. The Hall–Kier alpha value is -1.78. The van der Waals surface area contributed by atoms with Crippen molar-refractivity contribution in [2.24, 2.45) is 0 Å². The van der Waals surface area contributed by atoms with Crippen molar-refractivity contribution in [3.05, 3.63) is 23.2 Å². The average molecular weight is 250 g/mol. The Labute approximate surface area is 106 Å². The summed E-state index contributed by atoms with van der Waals surface area (Å²) in [7, 11) is 0. The lowest BCUT2D eigenvalue weighted by Gasteiger charge is -2.14. The van der Waals surface area contributed by atoms with Gasteiger partial charge in [0.2, 0.25) is 5.91 Å². The molecule has 1 atom stereocenters. The van der Waals surface area contributed by atoms with E-state index in [1.165, 1.54) is 0 Å². The third kappa shape index (κ3) is 2.91. The van der Waals surface area contributed by atoms with Gasteiger partial charge in [0.1, 0.15) is 5.76 Å². The number of aryl methyl sites for hydroxylation is 2. The predicted octanol–water partition coefficient (Wildman–Crippen LogP) is 1.29. The van der Waals surface area contributed by atoms with E-state index in [4.69, 9.17) is 4.42 Å². The number of nitrogens with one attached hydrogen (secondary N) is 2. The second kappa shape index (κ2) is 5.25. The summed E-state index contributed by atoms with van der Waals surface area (Å²) in [6.07, 6.45) is 1.90. The molecule has 0 radical (unpaired) electrons. The Morgan fingerprint density at radius 1 is 1.44 bits per heavy atom. The highest BCUT2D eigenvalue weighted by Crippen LogP contribution is 2.14. The van der Waals surface area contributed by atoms with Crippen molar-refractivity contribution < 1.29 is 14.0 Å². The van der Waals surface area contributed by atoms with Gasteiger partial charge in [-0.3, -0.25) is 9.59 Å². The molecule has 1 aliphatic heterocycles. The highest BCUT2D eigenvalue weighted by Gasteiger charge is 2.21. The van der Waals surface area contributed by atoms with Gasteiger partial charge in [-0.1, -0.05) is 0 Å². The molecule has 0 aliphatic carbocycles. The lowest BCUT2D eigenvalue weighted by molar-refractivity contribution is -0.120. The summed E-state index contributed by atoms with van der Waals surface area (Å²) in [6, 6.07) is 1.87. The zero-order valence-electron chi connectivity index (χ0n) is 10.7. The molecule has 1 aromatic rings. The SMILES string of the molecule is Cc1cc(C)c(C(=O)N[C@@H]2CCNC(=O)CC2)o1. The Morgan fingerprint density at radius 2 is 2.22 bits per heavy atom. The van der Waals surface area contributed by atoms with Gasteiger partial charge in [-0.15, -0.1) is 0 Å². The topological polar surface area (TPSA) is 71.3 Å². The summed E-state index contributed by atoms with van der Waals surface area (Å²) in [6.45, 7) is 4.28. The quantitative estimate of drug-likeness (QED) is 0.831. The second-order valence-corrected chi connectivity index (χ2v) is 4.72. The van der Waals surface area contributed by atoms with Gasteiger partial charge < -0.3 is 15.1 Å². The molecular formula is C13H18N2O3. The third-order valence-corrected chi connectivity index (χ3v) is 3.12. The maximum Gasteiger partial charge on any atom is 0.287 e. The number of amides is 2. The lowest BCUT2D eigenvalue weighted by Crippen LogP contribution is -2.35. The summed E-state index contributed by atoms with van der Waals surface area (Å²) in [4.78, 5) is 23.2. The highest BCUT2D eigenvalue weighted by molar-refractivity contribution is 5.93. The second-order valence-electron chi connectivity index (χ2n) is 4.72. The van der Waals surface area contributed by atoms with Crippen LogP contribution in [0.1, 0.15) is 41.1 Å². The molecule has 0 spiro atoms. The van der Waals surface area contributed by atoms with Crippen LogP contribution in [0.4, 0.5) is 0 Å². The summed E-state index contributed by atoms with van der Waals surface area (Å²) >= 11 is 0. The van der Waals surface area contributed by atoms with Crippen molar-refractivity contribution in [1.29, 1.82) is 0 Å². The Morgan fingerprint density at radius 3 is 2.89 bits per heavy atom. The van der Waals surface area contributed by atoms with E-state index in [9.17, 15) is 9.59 Å². The maximum atomic E-state index is 12.0. The van der Waals surface area contributed by atoms with Crippen LogP contribution >= 0.6 is 0 Å². The van der Waals surface area contributed by atoms with Crippen LogP contribution in [0.25, 0.3) is 0 Å². The van der Waals surface area contributed by atoms with Gasteiger partial charge in [-0.2, -0.15) is 0 Å². The smallest absolute Gasteiger partial charge is 0.287 e. The van der Waals surface area contributed by atoms with Gasteiger partial charge in [0.25, 0.3) is 5.91 Å². The zero-order chi connectivity index (χ0) is 13.1. The van der Waals surface area contributed by atoms with Crippen LogP contribution in [0.3, 0.4) is 0 Å². The summed E-state index contributed by atoms with van der Waals surface area (Å²) in [5.41, 5.74) is 0.841. The Bertz CT molecular complexity index is 465. The normalized spacial score (nSPS) is 20.1. The number of furan rings is 1. The van der Waals surface area contributed by atoms with E-state index >= 15 is 0 Å². The molecule has 0 aromatic carbocycles. The first-order valence-electron chi connectivity index (χ1n) is 6.21. The summed E-state index contributed by atoms with van der Waals surface area (Å²) in [5.74, 6) is 0.961. The molecule has 1 saturated heterocycles. The van der Waals surface area contributed by atoms with E-state index in [2.05, 4.69) is 10.6 Å². The molecule has 1 fully saturated rings. The standard InChI is InChI=1S/C13H18N2O3/c1-8-7-9(2)18-12(8)13(17)15-10-3-4-11(16)14-6-5-10/h7,10H,3-6H2,1-2H3,(H,14,16)(H,15,17)/t10-/m0/s1. The molecule has 0 bridgehead atoms. The Kier molecular flexibility index (Phi) is 3.69. The molecule has 2 N–H and O–H groups in total. The van der Waals surface area contributed by atoms with E-state index in [0.29, 0.717) is 25.1 Å². The van der Waals surface area contributed by atoms with Crippen LogP contribution in [0.5, 0.6) is 0 Å². The Balaban J connectivity index is 1.98. The first-order valence-corrected chi connectivity index (χ1v) is 6.21. The van der Waals surface area contributed by atoms with Gasteiger partial charge in [-0.25, -0.2) is 0 Å². The van der Waals surface area contributed by atoms with Crippen LogP contribution in [0.15, 0.2) is 10.5 Å². The van der Waals surface area contributed by atoms with E-state index in [1.807, 2.05) is 19.9 Å². The van der Waals surface area contributed by atoms with E-state index in [0.717, 1.165) is 17.7 Å². The summed E-state index contributed by atoms with van der Waals surface area (Å²) < 4.78 is 5.38. The van der Waals surface area contributed by atoms with Crippen molar-refractivity contribution in [2.75, 3.05) is 6.54 Å². The average Bonchev–Trinajstić information content (AvgIpc) is 2.51. The molecule has 1 aromatic heterocycles. The van der Waals surface area contributed by atoms with Gasteiger partial charge >= 0.3 is 0 Å². The van der Waals surface area contributed by atoms with Gasteiger partial charge in [0.15, 0.2) is 5.76 Å². The van der Waals surface area contributed by atoms with E-state index in [1.54, 1.807) is 0 Å². The molecule has 98 valence electrons. The molecule has 0 saturated carbocycles. The number of hydrogen-bond donors (Lipinski definition) is 2. The molecular weight excluding hydrogens is 232 g/mol. The van der Waals surface area contributed by atoms with Crippen molar-refractivity contribution in [3.63, 3.8) is 0 Å². The fourth-order valence-corrected chi connectivity index (χ4v) is 2.19. The fraction of sp³-hybridized carbons (Fsp3) is 0.538. The maximum absolute atomic E-state index is 12.0. The van der Waals surface area contributed by atoms with Crippen LogP contribution < -0.4 is 10.6 Å². The van der Waals surface area contributed by atoms with Gasteiger partial charge in [0.05, 0.1) is 0 Å². The van der Waals surface area contributed by atoms with Crippen molar-refractivity contribution in [3.8, 4) is 0 Å². The lowest BCUT2D eigenvalue weighted by atomic mass is 10.1. The van der Waals surface area contributed by atoms with Gasteiger partial charge in [0, 0.05) is 24.6 Å². The highest BCUT2D eigenvalue weighted by atomic mass is 16.3. The first-order chi connectivity index (χ1) is 8.56. The molecule has 5 nitrogen and oxygen atoms in total. The minimum atomic E-state index is -0.194. The van der Waals surface area contributed by atoms with Crippen LogP contribution in [0.2, 0.25) is 0 Å². The van der Waals surface area contributed by atoms with Crippen LogP contribution in [0, 0.1) is 13.8 Å². The van der Waals surface area contributed by atoms with Gasteiger partial charge in [-0.05, 0) is 32.8 Å². The van der Waals surface area contributed by atoms with Crippen molar-refractivity contribution in [1.82, 2.24) is 10.6 Å². The van der Waals surface area contributed by atoms with Crippen molar-refractivity contribution >= 4 is 11.8 Å². The van der Waals surface area contributed by atoms with E-state index in [-0.39, 0.29) is 17.9 Å². The zero-order valence-corrected chi connectivity index (χ0v) is 10.7. The minimum absolute atomic E-state index is 0.0289. The molecule has 1 aliphatic rings. The van der Waals surface area contributed by atoms with E-state index < -0.39 is 0 Å². The molecule has 18 heavy (non-hydrogen) atoms. The van der Waals surface area contributed by atoms with Crippen molar-refractivity contribution in [2.45, 2.75) is 39.2 Å². The third-order valence-electron chi connectivity index (χ3n) is 3.12. The fourth-order valence-electron chi connectivity index (χ4n) is 2.19.